The predicted octanol–water partition coefficient (Wildman–Crippen LogP) is 2.47. The summed E-state index contributed by atoms with van der Waals surface area (Å²) >= 11 is 0. The van der Waals surface area contributed by atoms with E-state index in [-0.39, 0.29) is 24.2 Å². The minimum atomic E-state index is -4.58. The molecular weight excluding hydrogens is 381 g/mol. The Labute approximate surface area is 156 Å². The molecule has 0 aromatic heterocycles. The van der Waals surface area contributed by atoms with Crippen LogP contribution in [0.3, 0.4) is 0 Å². The Bertz CT molecular complexity index is 900. The molecule has 9 heteroatoms. The fourth-order valence-electron chi connectivity index (χ4n) is 5.06. The number of hydrogen-bond donors (Lipinski definition) is 1. The molecule has 1 saturated carbocycles. The molecule has 1 saturated heterocycles. The second kappa shape index (κ2) is 6.02. The molecule has 1 aromatic rings. The molecule has 1 spiro atoms. The molecule has 148 valence electrons. The summed E-state index contributed by atoms with van der Waals surface area (Å²) in [7, 11) is -4.17. The first-order valence-corrected chi connectivity index (χ1v) is 10.4. The zero-order chi connectivity index (χ0) is 19.6. The van der Waals surface area contributed by atoms with E-state index in [1.807, 2.05) is 12.1 Å². The lowest BCUT2D eigenvalue weighted by Crippen LogP contribution is -2.52. The fraction of sp³-hybridized carbons (Fsp3) is 0.611. The standard InChI is InChI=1S/C18H21F3N2O3S/c1-11(24)12-2-3-13-7-15-4-5-16(8-14(13)6-12)17(15)9-23(10-18(19,20)21)27(25,26)22-17/h2-3,6,15-16,22H,4-5,7-10H2,1H3/t15-,16+,17+/m0/s1. The molecule has 2 fully saturated rings. The van der Waals surface area contributed by atoms with Crippen LogP contribution in [0.15, 0.2) is 18.2 Å². The molecule has 0 amide bonds. The molecule has 1 N–H and O–H groups in total. The Morgan fingerprint density at radius 3 is 2.44 bits per heavy atom. The number of carbonyl (C=O) groups excluding carboxylic acids is 1. The molecule has 1 aliphatic heterocycles. The van der Waals surface area contributed by atoms with Crippen LogP contribution in [0.5, 0.6) is 0 Å². The van der Waals surface area contributed by atoms with Gasteiger partial charge in [-0.3, -0.25) is 4.79 Å². The van der Waals surface area contributed by atoms with Crippen LogP contribution in [0, 0.1) is 11.8 Å². The van der Waals surface area contributed by atoms with E-state index in [0.717, 1.165) is 24.0 Å². The van der Waals surface area contributed by atoms with E-state index in [1.165, 1.54) is 6.92 Å². The van der Waals surface area contributed by atoms with Crippen molar-refractivity contribution in [3.05, 3.63) is 34.9 Å². The average Bonchev–Trinajstić information content (AvgIpc) is 2.90. The summed E-state index contributed by atoms with van der Waals surface area (Å²) < 4.78 is 66.6. The Kier molecular flexibility index (Phi) is 4.21. The summed E-state index contributed by atoms with van der Waals surface area (Å²) in [6.45, 7) is -0.130. The molecular formula is C18H21F3N2O3S. The third-order valence-corrected chi connectivity index (χ3v) is 7.89. The van der Waals surface area contributed by atoms with E-state index < -0.39 is 28.5 Å². The summed E-state index contributed by atoms with van der Waals surface area (Å²) in [6, 6.07) is 5.52. The maximum atomic E-state index is 12.9. The molecule has 2 bridgehead atoms. The molecule has 27 heavy (non-hydrogen) atoms. The minimum absolute atomic E-state index is 0.0418. The number of hydrogen-bond acceptors (Lipinski definition) is 3. The van der Waals surface area contributed by atoms with E-state index in [2.05, 4.69) is 4.72 Å². The third kappa shape index (κ3) is 3.19. The predicted molar refractivity (Wildman–Crippen MR) is 92.5 cm³/mol. The van der Waals surface area contributed by atoms with Crippen molar-refractivity contribution in [3.8, 4) is 0 Å². The number of Topliss-reactive ketones (excluding diaryl/α,β-unsaturated/α-hetero) is 1. The number of halogens is 3. The van der Waals surface area contributed by atoms with Crippen LogP contribution in [-0.2, 0) is 23.1 Å². The second-order valence-corrected chi connectivity index (χ2v) is 9.62. The van der Waals surface area contributed by atoms with Crippen molar-refractivity contribution in [3.63, 3.8) is 0 Å². The lowest BCUT2D eigenvalue weighted by atomic mass is 9.79. The van der Waals surface area contributed by atoms with Crippen molar-refractivity contribution < 1.29 is 26.4 Å². The zero-order valence-electron chi connectivity index (χ0n) is 14.8. The van der Waals surface area contributed by atoms with E-state index in [9.17, 15) is 26.4 Å². The number of alkyl halides is 3. The van der Waals surface area contributed by atoms with Crippen LogP contribution in [0.2, 0.25) is 0 Å². The Balaban J connectivity index is 1.69. The number of ketones is 1. The first-order chi connectivity index (χ1) is 12.5. The highest BCUT2D eigenvalue weighted by Crippen LogP contribution is 2.50. The molecule has 3 atom stereocenters. The zero-order valence-corrected chi connectivity index (χ0v) is 15.7. The van der Waals surface area contributed by atoms with Crippen LogP contribution >= 0.6 is 0 Å². The van der Waals surface area contributed by atoms with Crippen molar-refractivity contribution in [2.45, 2.75) is 44.3 Å². The van der Waals surface area contributed by atoms with Gasteiger partial charge in [-0.15, -0.1) is 0 Å². The monoisotopic (exact) mass is 402 g/mol. The number of fused-ring (bicyclic) bond motifs is 1. The van der Waals surface area contributed by atoms with Gasteiger partial charge < -0.3 is 0 Å². The quantitative estimate of drug-likeness (QED) is 0.773. The highest BCUT2D eigenvalue weighted by Gasteiger charge is 2.60. The molecule has 1 heterocycles. The van der Waals surface area contributed by atoms with E-state index in [4.69, 9.17) is 0 Å². The Morgan fingerprint density at radius 1 is 1.22 bits per heavy atom. The molecule has 0 unspecified atom stereocenters. The molecule has 3 aliphatic rings. The maximum Gasteiger partial charge on any atom is 0.402 e. The number of carbonyl (C=O) groups is 1. The number of benzene rings is 1. The molecule has 4 rings (SSSR count). The van der Waals surface area contributed by atoms with Crippen molar-refractivity contribution in [1.82, 2.24) is 9.03 Å². The summed E-state index contributed by atoms with van der Waals surface area (Å²) in [6.07, 6.45) is -1.87. The number of rotatable bonds is 2. The normalized spacial score (nSPS) is 32.4. The smallest absolute Gasteiger partial charge is 0.295 e. The van der Waals surface area contributed by atoms with Crippen LogP contribution < -0.4 is 4.72 Å². The molecule has 0 radical (unpaired) electrons. The van der Waals surface area contributed by atoms with Crippen molar-refractivity contribution in [2.24, 2.45) is 11.8 Å². The van der Waals surface area contributed by atoms with E-state index in [0.29, 0.717) is 22.7 Å². The lowest BCUT2D eigenvalue weighted by molar-refractivity contribution is -0.136. The van der Waals surface area contributed by atoms with E-state index >= 15 is 0 Å². The van der Waals surface area contributed by atoms with Gasteiger partial charge in [-0.25, -0.2) is 0 Å². The van der Waals surface area contributed by atoms with Crippen LogP contribution in [-0.4, -0.2) is 43.3 Å². The van der Waals surface area contributed by atoms with Crippen molar-refractivity contribution in [1.29, 1.82) is 0 Å². The average molecular weight is 402 g/mol. The first-order valence-electron chi connectivity index (χ1n) is 8.99. The number of nitrogens with zero attached hydrogens (tertiary/aromatic N) is 1. The summed E-state index contributed by atoms with van der Waals surface area (Å²) in [5, 5.41) is 0. The highest BCUT2D eigenvalue weighted by molar-refractivity contribution is 7.87. The van der Waals surface area contributed by atoms with Gasteiger partial charge in [0.1, 0.15) is 6.54 Å². The van der Waals surface area contributed by atoms with Gasteiger partial charge in [0.25, 0.3) is 10.2 Å². The van der Waals surface area contributed by atoms with Gasteiger partial charge in [-0.1, -0.05) is 12.1 Å². The van der Waals surface area contributed by atoms with Gasteiger partial charge in [0.15, 0.2) is 5.78 Å². The number of nitrogens with one attached hydrogen (secondary N) is 1. The summed E-state index contributed by atoms with van der Waals surface area (Å²) in [5.74, 6) is -0.182. The van der Waals surface area contributed by atoms with Crippen LogP contribution in [0.1, 0.15) is 41.3 Å². The van der Waals surface area contributed by atoms with Crippen LogP contribution in [0.25, 0.3) is 0 Å². The highest BCUT2D eigenvalue weighted by atomic mass is 32.2. The van der Waals surface area contributed by atoms with Gasteiger partial charge >= 0.3 is 6.18 Å². The minimum Gasteiger partial charge on any atom is -0.295 e. The molecule has 2 aliphatic carbocycles. The van der Waals surface area contributed by atoms with Crippen molar-refractivity contribution in [2.75, 3.05) is 13.1 Å². The Hall–Kier alpha value is -1.45. The van der Waals surface area contributed by atoms with E-state index in [1.54, 1.807) is 6.07 Å². The fourth-order valence-corrected chi connectivity index (χ4v) is 6.77. The van der Waals surface area contributed by atoms with Gasteiger partial charge in [0, 0.05) is 12.1 Å². The Morgan fingerprint density at radius 2 is 1.85 bits per heavy atom. The largest absolute Gasteiger partial charge is 0.402 e. The van der Waals surface area contributed by atoms with Gasteiger partial charge in [-0.2, -0.15) is 30.6 Å². The lowest BCUT2D eigenvalue weighted by Gasteiger charge is -2.33. The van der Waals surface area contributed by atoms with Gasteiger partial charge in [-0.05, 0) is 61.6 Å². The third-order valence-electron chi connectivity index (χ3n) is 6.32. The molecule has 1 aromatic carbocycles. The second-order valence-electron chi connectivity index (χ2n) is 7.95. The molecule has 5 nitrogen and oxygen atoms in total. The van der Waals surface area contributed by atoms with Gasteiger partial charge in [0.05, 0.1) is 5.54 Å². The van der Waals surface area contributed by atoms with Crippen LogP contribution in [0.4, 0.5) is 13.2 Å². The summed E-state index contributed by atoms with van der Waals surface area (Å²) in [5.41, 5.74) is 1.79. The summed E-state index contributed by atoms with van der Waals surface area (Å²) in [4.78, 5) is 11.7. The van der Waals surface area contributed by atoms with Crippen molar-refractivity contribution >= 4 is 16.0 Å². The SMILES string of the molecule is CC(=O)c1ccc2c(c1)C[C@H]1CC[C@@H](C2)[C@]12CN(CC(F)(F)F)S(=O)(=O)N2. The first kappa shape index (κ1) is 18.9. The topological polar surface area (TPSA) is 66.5 Å². The van der Waals surface area contributed by atoms with Gasteiger partial charge in [0.2, 0.25) is 0 Å². The maximum absolute atomic E-state index is 12.9.